The molecule has 0 spiro atoms. The van der Waals surface area contributed by atoms with Gasteiger partial charge in [-0.05, 0) is 72.2 Å². The SMILES string of the molecule is CC[C@@]1(O)C(=O)OCc2c1cc1n(c2=O)Cc2cc3c(COC(C)(C)C)c(OC(=O)N4CCN(C(=O)OC(C)(C)C)CC4)ccc3nc2-1. The van der Waals surface area contributed by atoms with E-state index in [1.165, 1.54) is 0 Å². The highest BCUT2D eigenvalue weighted by atomic mass is 16.6. The second-order valence-electron chi connectivity index (χ2n) is 14.4. The first-order chi connectivity index (χ1) is 22.5. The van der Waals surface area contributed by atoms with Crippen molar-refractivity contribution in [2.24, 2.45) is 0 Å². The van der Waals surface area contributed by atoms with Crippen molar-refractivity contribution in [1.82, 2.24) is 19.4 Å². The number of pyridine rings is 2. The highest BCUT2D eigenvalue weighted by molar-refractivity contribution is 5.90. The second-order valence-corrected chi connectivity index (χ2v) is 14.4. The molecule has 3 aliphatic heterocycles. The first-order valence-electron chi connectivity index (χ1n) is 16.2. The summed E-state index contributed by atoms with van der Waals surface area (Å²) in [5.74, 6) is -0.457. The summed E-state index contributed by atoms with van der Waals surface area (Å²) in [6, 6.07) is 7.03. The van der Waals surface area contributed by atoms with Crippen molar-refractivity contribution in [2.45, 2.75) is 91.4 Å². The molecule has 1 fully saturated rings. The number of carbonyl (C=O) groups is 3. The van der Waals surface area contributed by atoms with Crippen LogP contribution in [-0.2, 0) is 44.4 Å². The minimum atomic E-state index is -1.92. The number of rotatable bonds is 4. The molecule has 256 valence electrons. The molecule has 1 saturated heterocycles. The number of ether oxygens (including phenoxy) is 4. The monoisotopic (exact) mass is 662 g/mol. The van der Waals surface area contributed by atoms with E-state index < -0.39 is 35.0 Å². The number of cyclic esters (lactones) is 1. The van der Waals surface area contributed by atoms with Crippen LogP contribution in [0.5, 0.6) is 5.75 Å². The lowest BCUT2D eigenvalue weighted by molar-refractivity contribution is -0.172. The fraction of sp³-hybridized carbons (Fsp3) is 0.514. The summed E-state index contributed by atoms with van der Waals surface area (Å²) < 4.78 is 24.4. The zero-order valence-corrected chi connectivity index (χ0v) is 28.5. The molecule has 0 unspecified atom stereocenters. The maximum absolute atomic E-state index is 13.6. The van der Waals surface area contributed by atoms with Crippen LogP contribution >= 0.6 is 0 Å². The van der Waals surface area contributed by atoms with E-state index in [2.05, 4.69) is 0 Å². The van der Waals surface area contributed by atoms with Crippen LogP contribution in [0.25, 0.3) is 22.3 Å². The molecule has 1 aromatic carbocycles. The van der Waals surface area contributed by atoms with E-state index in [0.717, 1.165) is 5.56 Å². The van der Waals surface area contributed by atoms with Crippen LogP contribution in [0.2, 0.25) is 0 Å². The summed E-state index contributed by atoms with van der Waals surface area (Å²) in [4.78, 5) is 60.1. The zero-order chi connectivity index (χ0) is 34.8. The van der Waals surface area contributed by atoms with Crippen LogP contribution in [0.3, 0.4) is 0 Å². The number of amides is 2. The Balaban J connectivity index is 1.32. The van der Waals surface area contributed by atoms with Crippen molar-refractivity contribution in [1.29, 1.82) is 0 Å². The summed E-state index contributed by atoms with van der Waals surface area (Å²) in [7, 11) is 0. The molecule has 13 nitrogen and oxygen atoms in total. The minimum absolute atomic E-state index is 0.0534. The molecular weight excluding hydrogens is 620 g/mol. The summed E-state index contributed by atoms with van der Waals surface area (Å²) in [5.41, 5.74) is 0.176. The van der Waals surface area contributed by atoms with Crippen LogP contribution in [0.1, 0.15) is 77.1 Å². The molecular formula is C35H42N4O9. The number of aromatic nitrogens is 2. The van der Waals surface area contributed by atoms with Gasteiger partial charge in [0.05, 0.1) is 41.2 Å². The highest BCUT2D eigenvalue weighted by Crippen LogP contribution is 2.40. The van der Waals surface area contributed by atoms with Crippen molar-refractivity contribution in [2.75, 3.05) is 26.2 Å². The zero-order valence-electron chi connectivity index (χ0n) is 28.5. The summed E-state index contributed by atoms with van der Waals surface area (Å²) in [6.07, 6.45) is -0.911. The largest absolute Gasteiger partial charge is 0.458 e. The van der Waals surface area contributed by atoms with Crippen LogP contribution in [0.4, 0.5) is 9.59 Å². The van der Waals surface area contributed by atoms with Crippen LogP contribution in [-0.4, -0.2) is 80.0 Å². The first kappa shape index (κ1) is 33.4. The molecule has 13 heteroatoms. The minimum Gasteiger partial charge on any atom is -0.458 e. The fourth-order valence-corrected chi connectivity index (χ4v) is 6.18. The number of aliphatic hydroxyl groups is 1. The van der Waals surface area contributed by atoms with Gasteiger partial charge in [0.2, 0.25) is 0 Å². The van der Waals surface area contributed by atoms with E-state index in [4.69, 9.17) is 23.9 Å². The number of hydrogen-bond acceptors (Lipinski definition) is 10. The number of carbonyl (C=O) groups excluding carboxylic acids is 3. The Bertz CT molecular complexity index is 1880. The van der Waals surface area contributed by atoms with Gasteiger partial charge in [0.15, 0.2) is 5.60 Å². The lowest BCUT2D eigenvalue weighted by atomic mass is 9.86. The molecule has 1 N–H and O–H groups in total. The van der Waals surface area contributed by atoms with Crippen molar-refractivity contribution >= 4 is 29.1 Å². The third-order valence-corrected chi connectivity index (χ3v) is 8.80. The smallest absolute Gasteiger partial charge is 0.415 e. The maximum atomic E-state index is 13.6. The normalized spacial score (nSPS) is 19.0. The molecule has 48 heavy (non-hydrogen) atoms. The first-order valence-corrected chi connectivity index (χ1v) is 16.2. The number of benzene rings is 1. The number of fused-ring (bicyclic) bond motifs is 5. The molecule has 0 saturated carbocycles. The number of hydrogen-bond donors (Lipinski definition) is 1. The molecule has 1 atom stereocenters. The molecule has 5 heterocycles. The van der Waals surface area contributed by atoms with E-state index >= 15 is 0 Å². The molecule has 0 radical (unpaired) electrons. The average Bonchev–Trinajstić information content (AvgIpc) is 3.38. The Labute approximate surface area is 278 Å². The highest BCUT2D eigenvalue weighted by Gasteiger charge is 2.45. The molecule has 3 aliphatic rings. The van der Waals surface area contributed by atoms with Gasteiger partial charge < -0.3 is 38.4 Å². The Hall–Kier alpha value is -4.49. The third-order valence-electron chi connectivity index (χ3n) is 8.80. The Morgan fingerprint density at radius 2 is 1.65 bits per heavy atom. The third kappa shape index (κ3) is 6.12. The van der Waals surface area contributed by atoms with Crippen molar-refractivity contribution < 1.29 is 38.4 Å². The van der Waals surface area contributed by atoms with Gasteiger partial charge in [0.1, 0.15) is 18.0 Å². The van der Waals surface area contributed by atoms with Gasteiger partial charge in [-0.1, -0.05) is 6.92 Å². The summed E-state index contributed by atoms with van der Waals surface area (Å²) in [6.45, 7) is 14.2. The van der Waals surface area contributed by atoms with E-state index in [0.29, 0.717) is 46.7 Å². The fourth-order valence-electron chi connectivity index (χ4n) is 6.18. The Morgan fingerprint density at radius 3 is 2.27 bits per heavy atom. The van der Waals surface area contributed by atoms with Crippen LogP contribution < -0.4 is 10.3 Å². The lowest BCUT2D eigenvalue weighted by Crippen LogP contribution is -2.52. The quantitative estimate of drug-likeness (QED) is 0.311. The standard InChI is InChI=1S/C35H42N4O9/c1-8-35(44)24-16-26-28-20(17-39(26)29(40)23(24)18-45-30(35)41)15-21-22(19-46-33(2,3)4)27(10-9-25(21)36-28)47-31(42)37-11-13-38(14-12-37)32(43)48-34(5,6)7/h9-10,15-16,44H,8,11-14,17-19H2,1-7H3/t35-/m0/s1. The maximum Gasteiger partial charge on any atom is 0.415 e. The van der Waals surface area contributed by atoms with E-state index in [9.17, 15) is 24.3 Å². The lowest BCUT2D eigenvalue weighted by Gasteiger charge is -2.35. The molecule has 0 aliphatic carbocycles. The van der Waals surface area contributed by atoms with Gasteiger partial charge in [-0.15, -0.1) is 0 Å². The Morgan fingerprint density at radius 1 is 0.979 bits per heavy atom. The van der Waals surface area contributed by atoms with E-state index in [1.54, 1.807) is 39.5 Å². The topological polar surface area (TPSA) is 150 Å². The van der Waals surface area contributed by atoms with Crippen molar-refractivity contribution in [3.05, 3.63) is 56.9 Å². The van der Waals surface area contributed by atoms with Crippen LogP contribution in [0, 0.1) is 0 Å². The van der Waals surface area contributed by atoms with E-state index in [1.807, 2.05) is 47.6 Å². The van der Waals surface area contributed by atoms with Gasteiger partial charge in [0, 0.05) is 48.3 Å². The molecule has 6 rings (SSSR count). The number of nitrogens with zero attached hydrogens (tertiary/aromatic N) is 4. The predicted octanol–water partition coefficient (Wildman–Crippen LogP) is 4.45. The second kappa shape index (κ2) is 11.9. The van der Waals surface area contributed by atoms with Crippen molar-refractivity contribution in [3.63, 3.8) is 0 Å². The average molecular weight is 663 g/mol. The van der Waals surface area contributed by atoms with Gasteiger partial charge in [0.25, 0.3) is 5.56 Å². The Kier molecular flexibility index (Phi) is 8.27. The van der Waals surface area contributed by atoms with E-state index in [-0.39, 0.29) is 56.0 Å². The molecule has 2 amide bonds. The molecule has 0 bridgehead atoms. The molecule has 2 aromatic heterocycles. The van der Waals surface area contributed by atoms with Gasteiger partial charge in [-0.2, -0.15) is 0 Å². The number of piperazine rings is 1. The van der Waals surface area contributed by atoms with Crippen molar-refractivity contribution in [3.8, 4) is 17.1 Å². The van der Waals surface area contributed by atoms with Gasteiger partial charge in [-0.25, -0.2) is 19.4 Å². The number of esters is 1. The van der Waals surface area contributed by atoms with Gasteiger partial charge in [-0.3, -0.25) is 4.79 Å². The van der Waals surface area contributed by atoms with Crippen LogP contribution in [0.15, 0.2) is 29.1 Å². The van der Waals surface area contributed by atoms with Gasteiger partial charge >= 0.3 is 18.2 Å². The summed E-state index contributed by atoms with van der Waals surface area (Å²) >= 11 is 0. The molecule has 3 aromatic rings. The summed E-state index contributed by atoms with van der Waals surface area (Å²) in [5, 5.41) is 11.9. The predicted molar refractivity (Wildman–Crippen MR) is 174 cm³/mol.